The molecule has 0 fully saturated rings. The second kappa shape index (κ2) is 5.69. The first-order valence-electron chi connectivity index (χ1n) is 6.88. The summed E-state index contributed by atoms with van der Waals surface area (Å²) >= 11 is 1.43. The first kappa shape index (κ1) is 13.8. The third-order valence-corrected chi connectivity index (χ3v) is 4.72. The zero-order valence-electron chi connectivity index (χ0n) is 11.4. The van der Waals surface area contributed by atoms with Crippen molar-refractivity contribution < 1.29 is 14.3 Å². The summed E-state index contributed by atoms with van der Waals surface area (Å²) in [6.07, 6.45) is 3.93. The van der Waals surface area contributed by atoms with Gasteiger partial charge in [-0.15, -0.1) is 11.3 Å². The molecule has 0 atom stereocenters. The molecule has 0 amide bonds. The van der Waals surface area contributed by atoms with Crippen molar-refractivity contribution in [3.8, 4) is 0 Å². The fraction of sp³-hybridized carbons (Fsp3) is 0.250. The van der Waals surface area contributed by atoms with Crippen LogP contribution in [0.5, 0.6) is 0 Å². The van der Waals surface area contributed by atoms with Gasteiger partial charge in [0.25, 0.3) is 0 Å². The molecular weight excluding hydrogens is 286 g/mol. The van der Waals surface area contributed by atoms with Gasteiger partial charge in [-0.3, -0.25) is 0 Å². The summed E-state index contributed by atoms with van der Waals surface area (Å²) < 4.78 is 4.98. The summed E-state index contributed by atoms with van der Waals surface area (Å²) in [6.45, 7) is 0. The van der Waals surface area contributed by atoms with Crippen LogP contribution in [0.3, 0.4) is 0 Å². The Kier molecular flexibility index (Phi) is 3.75. The van der Waals surface area contributed by atoms with Crippen molar-refractivity contribution in [3.63, 3.8) is 0 Å². The lowest BCUT2D eigenvalue weighted by Gasteiger charge is -2.11. The van der Waals surface area contributed by atoms with Gasteiger partial charge in [0.1, 0.15) is 5.00 Å². The molecule has 2 N–H and O–H groups in total. The number of nitrogens with two attached hydrogens (primary N) is 1. The maximum absolute atomic E-state index is 12.3. The molecule has 4 nitrogen and oxygen atoms in total. The quantitative estimate of drug-likeness (QED) is 0.683. The number of carbonyl (C=O) groups is 2. The van der Waals surface area contributed by atoms with Crippen LogP contribution in [0, 0.1) is 0 Å². The lowest BCUT2D eigenvalue weighted by atomic mass is 9.95. The molecule has 21 heavy (non-hydrogen) atoms. The minimum absolute atomic E-state index is 0.355. The van der Waals surface area contributed by atoms with E-state index in [1.165, 1.54) is 11.3 Å². The summed E-state index contributed by atoms with van der Waals surface area (Å²) in [4.78, 5) is 25.4. The number of nitrogen functional groups attached to an aromatic ring is 1. The Labute approximate surface area is 126 Å². The summed E-state index contributed by atoms with van der Waals surface area (Å²) in [6, 6.07) is 8.47. The van der Waals surface area contributed by atoms with Crippen molar-refractivity contribution in [2.75, 3.05) is 5.73 Å². The van der Waals surface area contributed by atoms with Gasteiger partial charge in [-0.2, -0.15) is 0 Å². The molecule has 3 rings (SSSR count). The van der Waals surface area contributed by atoms with Crippen LogP contribution in [0.25, 0.3) is 0 Å². The number of aryl methyl sites for hydroxylation is 1. The van der Waals surface area contributed by atoms with Crippen molar-refractivity contribution in [1.82, 2.24) is 0 Å². The van der Waals surface area contributed by atoms with Crippen molar-refractivity contribution in [3.05, 3.63) is 51.9 Å². The Morgan fingerprint density at radius 2 is 1.76 bits per heavy atom. The van der Waals surface area contributed by atoms with Crippen molar-refractivity contribution in [2.45, 2.75) is 25.7 Å². The van der Waals surface area contributed by atoms with Crippen LogP contribution in [0.2, 0.25) is 0 Å². The average molecular weight is 301 g/mol. The highest BCUT2D eigenvalue weighted by molar-refractivity contribution is 7.16. The molecule has 2 aromatic rings. The van der Waals surface area contributed by atoms with Crippen molar-refractivity contribution in [1.29, 1.82) is 0 Å². The van der Waals surface area contributed by atoms with E-state index in [2.05, 4.69) is 0 Å². The number of fused-ring (bicyclic) bond motifs is 1. The SMILES string of the molecule is Nc1sc2c(c1C(=O)OC(=O)c1ccccc1)CCCC2. The number of benzene rings is 1. The minimum atomic E-state index is -0.643. The molecule has 0 spiro atoms. The number of carbonyl (C=O) groups excluding carboxylic acids is 2. The van der Waals surface area contributed by atoms with Crippen LogP contribution in [0.1, 0.15) is 44.0 Å². The Morgan fingerprint density at radius 1 is 1.05 bits per heavy atom. The van der Waals surface area contributed by atoms with E-state index in [1.807, 2.05) is 0 Å². The molecular formula is C16H15NO3S. The number of hydrogen-bond donors (Lipinski definition) is 1. The van der Waals surface area contributed by atoms with Crippen LogP contribution < -0.4 is 5.73 Å². The van der Waals surface area contributed by atoms with E-state index < -0.39 is 11.9 Å². The van der Waals surface area contributed by atoms with E-state index in [4.69, 9.17) is 10.5 Å². The van der Waals surface area contributed by atoms with Gasteiger partial charge in [-0.25, -0.2) is 9.59 Å². The highest BCUT2D eigenvalue weighted by atomic mass is 32.1. The van der Waals surface area contributed by atoms with Crippen molar-refractivity contribution in [2.24, 2.45) is 0 Å². The third-order valence-electron chi connectivity index (χ3n) is 3.60. The van der Waals surface area contributed by atoms with Gasteiger partial charge in [0.05, 0.1) is 11.1 Å². The predicted molar refractivity (Wildman–Crippen MR) is 81.6 cm³/mol. The number of ether oxygens (including phenoxy) is 1. The van der Waals surface area contributed by atoms with Crippen LogP contribution in [-0.4, -0.2) is 11.9 Å². The highest BCUT2D eigenvalue weighted by Gasteiger charge is 2.26. The van der Waals surface area contributed by atoms with E-state index in [0.717, 1.165) is 36.1 Å². The molecule has 1 heterocycles. The van der Waals surface area contributed by atoms with Crippen LogP contribution >= 0.6 is 11.3 Å². The van der Waals surface area contributed by atoms with E-state index in [1.54, 1.807) is 30.3 Å². The summed E-state index contributed by atoms with van der Waals surface area (Å²) in [5, 5.41) is 0.452. The van der Waals surface area contributed by atoms with Crippen molar-refractivity contribution >= 4 is 28.3 Å². The zero-order chi connectivity index (χ0) is 14.8. The molecule has 0 unspecified atom stereocenters. The summed E-state index contributed by atoms with van der Waals surface area (Å²) in [5.74, 6) is -1.28. The van der Waals surface area contributed by atoms with Crippen LogP contribution in [0.4, 0.5) is 5.00 Å². The second-order valence-corrected chi connectivity index (χ2v) is 6.13. The molecule has 1 aromatic carbocycles. The van der Waals surface area contributed by atoms with Gasteiger partial charge < -0.3 is 10.5 Å². The Hall–Kier alpha value is -2.14. The maximum Gasteiger partial charge on any atom is 0.349 e. The van der Waals surface area contributed by atoms with Gasteiger partial charge in [0, 0.05) is 4.88 Å². The van der Waals surface area contributed by atoms with E-state index in [0.29, 0.717) is 16.1 Å². The maximum atomic E-state index is 12.3. The van der Waals surface area contributed by atoms with E-state index in [9.17, 15) is 9.59 Å². The third kappa shape index (κ3) is 2.69. The van der Waals surface area contributed by atoms with E-state index >= 15 is 0 Å². The summed E-state index contributed by atoms with van der Waals surface area (Å²) in [7, 11) is 0. The Balaban J connectivity index is 1.83. The van der Waals surface area contributed by atoms with Gasteiger partial charge in [0.15, 0.2) is 0 Å². The lowest BCUT2D eigenvalue weighted by Crippen LogP contribution is -2.15. The largest absolute Gasteiger partial charge is 0.390 e. The number of anilines is 1. The first-order chi connectivity index (χ1) is 10.2. The number of rotatable bonds is 2. The van der Waals surface area contributed by atoms with Gasteiger partial charge in [-0.1, -0.05) is 18.2 Å². The van der Waals surface area contributed by atoms with Gasteiger partial charge >= 0.3 is 11.9 Å². The average Bonchev–Trinajstić information content (AvgIpc) is 2.83. The standard InChI is InChI=1S/C16H15NO3S/c17-14-13(11-8-4-5-9-12(11)21-14)16(19)20-15(18)10-6-2-1-3-7-10/h1-3,6-7H,4-5,8-9,17H2. The predicted octanol–water partition coefficient (Wildman–Crippen LogP) is 3.21. The Bertz CT molecular complexity index is 691. The molecule has 1 aliphatic carbocycles. The molecule has 0 aliphatic heterocycles. The van der Waals surface area contributed by atoms with Crippen LogP contribution in [0.15, 0.2) is 30.3 Å². The smallest absolute Gasteiger partial charge is 0.349 e. The van der Waals surface area contributed by atoms with E-state index in [-0.39, 0.29) is 0 Å². The number of thiophene rings is 1. The molecule has 0 saturated heterocycles. The number of esters is 2. The Morgan fingerprint density at radius 3 is 2.52 bits per heavy atom. The molecule has 5 heteroatoms. The fourth-order valence-corrected chi connectivity index (χ4v) is 3.73. The zero-order valence-corrected chi connectivity index (χ0v) is 12.2. The molecule has 108 valence electrons. The number of hydrogen-bond acceptors (Lipinski definition) is 5. The van der Waals surface area contributed by atoms with Crippen LogP contribution in [-0.2, 0) is 17.6 Å². The molecule has 1 aliphatic rings. The molecule has 0 radical (unpaired) electrons. The topological polar surface area (TPSA) is 69.4 Å². The summed E-state index contributed by atoms with van der Waals surface area (Å²) in [5.41, 5.74) is 7.65. The molecule has 1 aromatic heterocycles. The minimum Gasteiger partial charge on any atom is -0.390 e. The fourth-order valence-electron chi connectivity index (χ4n) is 2.58. The molecule has 0 saturated carbocycles. The normalized spacial score (nSPS) is 13.5. The second-order valence-electron chi connectivity index (χ2n) is 4.99. The highest BCUT2D eigenvalue weighted by Crippen LogP contribution is 2.36. The first-order valence-corrected chi connectivity index (χ1v) is 7.70. The molecule has 0 bridgehead atoms. The van der Waals surface area contributed by atoms with Gasteiger partial charge in [0.2, 0.25) is 0 Å². The lowest BCUT2D eigenvalue weighted by molar-refractivity contribution is 0.0398. The monoisotopic (exact) mass is 301 g/mol. The van der Waals surface area contributed by atoms with Gasteiger partial charge in [-0.05, 0) is 43.4 Å².